The number of hydrogen-bond acceptors (Lipinski definition) is 4. The summed E-state index contributed by atoms with van der Waals surface area (Å²) in [5, 5.41) is 2.65. The zero-order valence-corrected chi connectivity index (χ0v) is 15.9. The van der Waals surface area contributed by atoms with Gasteiger partial charge < -0.3 is 0 Å². The number of amides is 4. The van der Waals surface area contributed by atoms with Crippen molar-refractivity contribution in [2.24, 2.45) is 10.9 Å². The molecule has 0 unspecified atom stereocenters. The highest BCUT2D eigenvalue weighted by Crippen LogP contribution is 2.28. The predicted molar refractivity (Wildman–Crippen MR) is 103 cm³/mol. The molecule has 132 valence electrons. The van der Waals surface area contributed by atoms with E-state index in [1.807, 2.05) is 0 Å². The smallest absolute Gasteiger partial charge is 0.276 e. The molecule has 8 heteroatoms. The van der Waals surface area contributed by atoms with Crippen LogP contribution in [-0.4, -0.2) is 24.1 Å². The van der Waals surface area contributed by atoms with Gasteiger partial charge in [0.25, 0.3) is 5.91 Å². The number of nitrogens with one attached hydrogen (secondary N) is 1. The number of halogens is 2. The molecule has 2 aromatic rings. The lowest BCUT2D eigenvalue weighted by molar-refractivity contribution is -0.131. The summed E-state index contributed by atoms with van der Waals surface area (Å²) in [7, 11) is 0. The van der Waals surface area contributed by atoms with Gasteiger partial charge in [-0.15, -0.1) is 0 Å². The van der Waals surface area contributed by atoms with Crippen LogP contribution in [0.4, 0.5) is 16.2 Å². The minimum absolute atomic E-state index is 0.424. The van der Waals surface area contributed by atoms with Crippen LogP contribution in [0, 0.1) is 12.8 Å². The molecule has 0 saturated carbocycles. The second kappa shape index (κ2) is 7.39. The SMILES string of the molecule is Cc1ccccc1N1C(=O)NC(=O)[C@@H](C=Nc2ccc(Br)c(Cl)c2)C1=O. The van der Waals surface area contributed by atoms with Crippen molar-refractivity contribution in [3.8, 4) is 0 Å². The number of carbonyl (C=O) groups excluding carboxylic acids is 3. The average molecular weight is 435 g/mol. The number of imide groups is 2. The maximum absolute atomic E-state index is 12.8. The molecule has 1 aliphatic heterocycles. The Bertz CT molecular complexity index is 945. The van der Waals surface area contributed by atoms with Crippen molar-refractivity contribution in [2.75, 3.05) is 4.90 Å². The van der Waals surface area contributed by atoms with Crippen LogP contribution in [0.2, 0.25) is 5.02 Å². The van der Waals surface area contributed by atoms with Crippen LogP contribution >= 0.6 is 27.5 Å². The second-order valence-electron chi connectivity index (χ2n) is 5.61. The number of urea groups is 1. The van der Waals surface area contributed by atoms with Crippen LogP contribution in [0.15, 0.2) is 51.9 Å². The Morgan fingerprint density at radius 2 is 1.92 bits per heavy atom. The number of carbonyl (C=O) groups is 3. The van der Waals surface area contributed by atoms with Crippen LogP contribution in [-0.2, 0) is 9.59 Å². The Kier molecular flexibility index (Phi) is 5.20. The van der Waals surface area contributed by atoms with E-state index < -0.39 is 23.8 Å². The van der Waals surface area contributed by atoms with Crippen molar-refractivity contribution in [1.29, 1.82) is 0 Å². The number of rotatable bonds is 3. The first-order valence-electron chi connectivity index (χ1n) is 7.62. The first kappa shape index (κ1) is 18.3. The molecule has 0 aromatic heterocycles. The number of aryl methyl sites for hydroxylation is 1. The van der Waals surface area contributed by atoms with Crippen molar-refractivity contribution in [3.63, 3.8) is 0 Å². The number of benzene rings is 2. The number of aliphatic imine (C=N–C) groups is 1. The Hall–Kier alpha value is -2.51. The molecule has 0 bridgehead atoms. The summed E-state index contributed by atoms with van der Waals surface area (Å²) < 4.78 is 0.709. The van der Waals surface area contributed by atoms with Crippen molar-refractivity contribution in [3.05, 3.63) is 57.5 Å². The van der Waals surface area contributed by atoms with Crippen LogP contribution in [0.3, 0.4) is 0 Å². The summed E-state index contributed by atoms with van der Waals surface area (Å²) in [6.07, 6.45) is 1.22. The normalized spacial score (nSPS) is 17.7. The fourth-order valence-electron chi connectivity index (χ4n) is 2.49. The highest BCUT2D eigenvalue weighted by atomic mass is 79.9. The molecule has 1 saturated heterocycles. The number of para-hydroxylation sites is 1. The Labute approximate surface area is 163 Å². The molecule has 1 N–H and O–H groups in total. The minimum atomic E-state index is -1.21. The maximum Gasteiger partial charge on any atom is 0.335 e. The Morgan fingerprint density at radius 3 is 2.62 bits per heavy atom. The Morgan fingerprint density at radius 1 is 1.19 bits per heavy atom. The van der Waals surface area contributed by atoms with Gasteiger partial charge in [-0.25, -0.2) is 9.69 Å². The first-order valence-corrected chi connectivity index (χ1v) is 8.79. The highest BCUT2D eigenvalue weighted by molar-refractivity contribution is 9.10. The van der Waals surface area contributed by atoms with Gasteiger partial charge in [0.05, 0.1) is 16.4 Å². The number of hydrogen-bond donors (Lipinski definition) is 1. The quantitative estimate of drug-likeness (QED) is 0.585. The largest absolute Gasteiger partial charge is 0.335 e. The van der Waals surface area contributed by atoms with E-state index in [4.69, 9.17) is 11.6 Å². The molecule has 0 spiro atoms. The lowest BCUT2D eigenvalue weighted by Gasteiger charge is -2.29. The van der Waals surface area contributed by atoms with Gasteiger partial charge in [0.15, 0.2) is 5.92 Å². The molecule has 3 rings (SSSR count). The third-order valence-electron chi connectivity index (χ3n) is 3.83. The summed E-state index contributed by atoms with van der Waals surface area (Å²) in [6, 6.07) is 11.1. The summed E-state index contributed by atoms with van der Waals surface area (Å²) in [5.74, 6) is -2.58. The monoisotopic (exact) mass is 433 g/mol. The molecule has 0 aliphatic carbocycles. The van der Waals surface area contributed by atoms with Gasteiger partial charge in [0.2, 0.25) is 5.91 Å². The Balaban J connectivity index is 1.91. The van der Waals surface area contributed by atoms with E-state index in [0.29, 0.717) is 20.9 Å². The van der Waals surface area contributed by atoms with Gasteiger partial charge in [-0.05, 0) is 52.7 Å². The number of barbiturate groups is 1. The minimum Gasteiger partial charge on any atom is -0.276 e. The van der Waals surface area contributed by atoms with Gasteiger partial charge in [0.1, 0.15) is 0 Å². The molecular formula is C18H13BrClN3O3. The summed E-state index contributed by atoms with van der Waals surface area (Å²) in [5.41, 5.74) is 1.64. The molecule has 26 heavy (non-hydrogen) atoms. The molecule has 4 amide bonds. The van der Waals surface area contributed by atoms with Gasteiger partial charge >= 0.3 is 6.03 Å². The summed E-state index contributed by atoms with van der Waals surface area (Å²) in [4.78, 5) is 42.2. The fourth-order valence-corrected chi connectivity index (χ4v) is 2.91. The van der Waals surface area contributed by atoms with Crippen LogP contribution in [0.25, 0.3) is 0 Å². The maximum atomic E-state index is 12.8. The molecule has 1 aliphatic rings. The van der Waals surface area contributed by atoms with E-state index in [2.05, 4.69) is 26.2 Å². The van der Waals surface area contributed by atoms with E-state index >= 15 is 0 Å². The van der Waals surface area contributed by atoms with Crippen molar-refractivity contribution in [2.45, 2.75) is 6.92 Å². The van der Waals surface area contributed by atoms with E-state index in [1.165, 1.54) is 6.21 Å². The van der Waals surface area contributed by atoms with Gasteiger partial charge in [-0.2, -0.15) is 0 Å². The summed E-state index contributed by atoms with van der Waals surface area (Å²) in [6.45, 7) is 1.78. The van der Waals surface area contributed by atoms with E-state index in [0.717, 1.165) is 10.5 Å². The molecular weight excluding hydrogens is 422 g/mol. The standard InChI is InChI=1S/C18H13BrClN3O3/c1-10-4-2-3-5-15(10)23-17(25)12(16(24)22-18(23)26)9-21-11-6-7-13(19)14(20)8-11/h2-9,12H,1H3,(H,22,24,26)/t12-/m1/s1. The van der Waals surface area contributed by atoms with Crippen LogP contribution in [0.1, 0.15) is 5.56 Å². The van der Waals surface area contributed by atoms with Gasteiger partial charge in [0, 0.05) is 10.7 Å². The van der Waals surface area contributed by atoms with E-state index in [-0.39, 0.29) is 0 Å². The van der Waals surface area contributed by atoms with Crippen LogP contribution < -0.4 is 10.2 Å². The lowest BCUT2D eigenvalue weighted by Crippen LogP contribution is -2.58. The van der Waals surface area contributed by atoms with Gasteiger partial charge in [-0.1, -0.05) is 29.8 Å². The topological polar surface area (TPSA) is 78.8 Å². The molecule has 2 aromatic carbocycles. The first-order chi connectivity index (χ1) is 12.4. The average Bonchev–Trinajstić information content (AvgIpc) is 2.59. The zero-order chi connectivity index (χ0) is 18.8. The number of nitrogens with zero attached hydrogens (tertiary/aromatic N) is 2. The zero-order valence-electron chi connectivity index (χ0n) is 13.6. The lowest BCUT2D eigenvalue weighted by atomic mass is 10.0. The van der Waals surface area contributed by atoms with E-state index in [1.54, 1.807) is 49.4 Å². The van der Waals surface area contributed by atoms with E-state index in [9.17, 15) is 14.4 Å². The van der Waals surface area contributed by atoms with Crippen molar-refractivity contribution < 1.29 is 14.4 Å². The molecule has 6 nitrogen and oxygen atoms in total. The van der Waals surface area contributed by atoms with Crippen molar-refractivity contribution >= 4 is 63.0 Å². The van der Waals surface area contributed by atoms with Crippen molar-refractivity contribution in [1.82, 2.24) is 5.32 Å². The fraction of sp³-hybridized carbons (Fsp3) is 0.111. The molecule has 1 heterocycles. The third-order valence-corrected chi connectivity index (χ3v) is 5.07. The summed E-state index contributed by atoms with van der Waals surface area (Å²) >= 11 is 9.29. The molecule has 1 atom stereocenters. The van der Waals surface area contributed by atoms with Crippen LogP contribution in [0.5, 0.6) is 0 Å². The predicted octanol–water partition coefficient (Wildman–Crippen LogP) is 4.01. The highest BCUT2D eigenvalue weighted by Gasteiger charge is 2.40. The molecule has 1 fully saturated rings. The third kappa shape index (κ3) is 3.54. The molecule has 0 radical (unpaired) electrons. The second-order valence-corrected chi connectivity index (χ2v) is 6.87. The van der Waals surface area contributed by atoms with Gasteiger partial charge in [-0.3, -0.25) is 19.9 Å². The number of anilines is 1.